The fourth-order valence-corrected chi connectivity index (χ4v) is 3.04. The van der Waals surface area contributed by atoms with E-state index in [9.17, 15) is 0 Å². The highest BCUT2D eigenvalue weighted by atomic mass is 15.0. The Kier molecular flexibility index (Phi) is 3.74. The molecule has 2 N–H and O–H groups in total. The molecule has 0 bridgehead atoms. The minimum absolute atomic E-state index is 0.699. The van der Waals surface area contributed by atoms with Crippen LogP contribution in [-0.2, 0) is 0 Å². The van der Waals surface area contributed by atoms with Crippen molar-refractivity contribution in [3.8, 4) is 0 Å². The molecule has 0 aromatic rings. The molecule has 78 valence electrons. The highest BCUT2D eigenvalue weighted by Crippen LogP contribution is 2.36. The van der Waals surface area contributed by atoms with Crippen molar-refractivity contribution >= 4 is 0 Å². The Balaban J connectivity index is 2.68. The van der Waals surface area contributed by atoms with Crippen LogP contribution in [-0.4, -0.2) is 26.2 Å². The lowest BCUT2D eigenvalue weighted by Gasteiger charge is -2.27. The summed E-state index contributed by atoms with van der Waals surface area (Å²) in [5, 5.41) is 6.87. The first-order chi connectivity index (χ1) is 6.11. The molecular weight excluding hydrogens is 160 g/mol. The Labute approximate surface area is 82.5 Å². The van der Waals surface area contributed by atoms with Crippen LogP contribution in [0.2, 0.25) is 0 Å². The molecule has 4 atom stereocenters. The lowest BCUT2D eigenvalue weighted by atomic mass is 9.84. The lowest BCUT2D eigenvalue weighted by Crippen LogP contribution is -2.34. The summed E-state index contributed by atoms with van der Waals surface area (Å²) in [6.45, 7) is 7.05. The molecule has 2 nitrogen and oxygen atoms in total. The normalized spacial score (nSPS) is 40.2. The van der Waals surface area contributed by atoms with E-state index in [0.29, 0.717) is 12.1 Å². The Morgan fingerprint density at radius 3 is 1.92 bits per heavy atom. The van der Waals surface area contributed by atoms with Crippen LogP contribution in [0.5, 0.6) is 0 Å². The first kappa shape index (κ1) is 11.0. The van der Waals surface area contributed by atoms with Gasteiger partial charge >= 0.3 is 0 Å². The Bertz CT molecular complexity index is 154. The largest absolute Gasteiger partial charge is 0.317 e. The van der Waals surface area contributed by atoms with Gasteiger partial charge in [-0.15, -0.1) is 0 Å². The van der Waals surface area contributed by atoms with Crippen LogP contribution >= 0.6 is 0 Å². The molecule has 1 aliphatic rings. The van der Waals surface area contributed by atoms with E-state index in [0.717, 1.165) is 17.8 Å². The zero-order chi connectivity index (χ0) is 10.0. The van der Waals surface area contributed by atoms with Crippen molar-refractivity contribution < 1.29 is 0 Å². The standard InChI is InChI=1S/C11H24N2/c1-7(2)11-8(3)9(12-4)6-10(11)13-5/h7-13H,6H2,1-5H3. The van der Waals surface area contributed by atoms with Crippen molar-refractivity contribution in [2.45, 2.75) is 39.3 Å². The molecule has 0 aliphatic heterocycles. The molecule has 1 rings (SSSR count). The van der Waals surface area contributed by atoms with E-state index in [2.05, 4.69) is 45.5 Å². The molecule has 1 fully saturated rings. The molecule has 0 radical (unpaired) electrons. The van der Waals surface area contributed by atoms with E-state index in [-0.39, 0.29) is 0 Å². The van der Waals surface area contributed by atoms with Crippen molar-refractivity contribution in [2.75, 3.05) is 14.1 Å². The van der Waals surface area contributed by atoms with Crippen LogP contribution in [0, 0.1) is 17.8 Å². The first-order valence-electron chi connectivity index (χ1n) is 5.46. The summed E-state index contributed by atoms with van der Waals surface area (Å²) < 4.78 is 0. The number of nitrogens with one attached hydrogen (secondary N) is 2. The Morgan fingerprint density at radius 1 is 1.08 bits per heavy atom. The van der Waals surface area contributed by atoms with E-state index >= 15 is 0 Å². The molecule has 0 amide bonds. The van der Waals surface area contributed by atoms with Gasteiger partial charge in [0.15, 0.2) is 0 Å². The molecule has 4 unspecified atom stereocenters. The first-order valence-corrected chi connectivity index (χ1v) is 5.46. The molecule has 2 heteroatoms. The Morgan fingerprint density at radius 2 is 1.62 bits per heavy atom. The van der Waals surface area contributed by atoms with Crippen LogP contribution in [0.25, 0.3) is 0 Å². The molecule has 1 saturated carbocycles. The van der Waals surface area contributed by atoms with Crippen LogP contribution in [0.15, 0.2) is 0 Å². The van der Waals surface area contributed by atoms with Gasteiger partial charge in [0.05, 0.1) is 0 Å². The summed E-state index contributed by atoms with van der Waals surface area (Å²) in [7, 11) is 4.17. The molecule has 0 aromatic heterocycles. The van der Waals surface area contributed by atoms with E-state index in [4.69, 9.17) is 0 Å². The third-order valence-corrected chi connectivity index (χ3v) is 3.73. The maximum Gasteiger partial charge on any atom is 0.0113 e. The van der Waals surface area contributed by atoms with Crippen LogP contribution < -0.4 is 10.6 Å². The van der Waals surface area contributed by atoms with Gasteiger partial charge in [-0.3, -0.25) is 0 Å². The maximum absolute atomic E-state index is 3.45. The summed E-state index contributed by atoms with van der Waals surface area (Å²) in [6.07, 6.45) is 1.27. The van der Waals surface area contributed by atoms with Crippen molar-refractivity contribution in [1.82, 2.24) is 10.6 Å². The second kappa shape index (κ2) is 4.43. The van der Waals surface area contributed by atoms with Gasteiger partial charge in [0.1, 0.15) is 0 Å². The van der Waals surface area contributed by atoms with E-state index in [1.54, 1.807) is 0 Å². The van der Waals surface area contributed by atoms with Gasteiger partial charge in [-0.1, -0.05) is 20.8 Å². The molecule has 13 heavy (non-hydrogen) atoms. The van der Waals surface area contributed by atoms with Gasteiger partial charge in [0.25, 0.3) is 0 Å². The zero-order valence-electron chi connectivity index (χ0n) is 9.59. The number of hydrogen-bond donors (Lipinski definition) is 2. The Hall–Kier alpha value is -0.0800. The van der Waals surface area contributed by atoms with E-state index in [1.165, 1.54) is 6.42 Å². The molecule has 0 aromatic carbocycles. The summed E-state index contributed by atoms with van der Waals surface area (Å²) in [4.78, 5) is 0. The zero-order valence-corrected chi connectivity index (χ0v) is 9.59. The minimum atomic E-state index is 0.699. The summed E-state index contributed by atoms with van der Waals surface area (Å²) in [5.41, 5.74) is 0. The predicted octanol–water partition coefficient (Wildman–Crippen LogP) is 1.47. The fourth-order valence-electron chi connectivity index (χ4n) is 3.04. The second-order valence-electron chi connectivity index (χ2n) is 4.71. The van der Waals surface area contributed by atoms with E-state index < -0.39 is 0 Å². The van der Waals surface area contributed by atoms with E-state index in [1.807, 2.05) is 0 Å². The smallest absolute Gasteiger partial charge is 0.0113 e. The monoisotopic (exact) mass is 184 g/mol. The number of rotatable bonds is 3. The topological polar surface area (TPSA) is 24.1 Å². The highest BCUT2D eigenvalue weighted by Gasteiger charge is 2.40. The summed E-state index contributed by atoms with van der Waals surface area (Å²) >= 11 is 0. The SMILES string of the molecule is CNC1CC(NC)C(C(C)C)C1C. The van der Waals surface area contributed by atoms with Crippen LogP contribution in [0.3, 0.4) is 0 Å². The van der Waals surface area contributed by atoms with Gasteiger partial charge in [-0.05, 0) is 38.3 Å². The minimum Gasteiger partial charge on any atom is -0.317 e. The average molecular weight is 184 g/mol. The van der Waals surface area contributed by atoms with Gasteiger partial charge in [-0.2, -0.15) is 0 Å². The van der Waals surface area contributed by atoms with Gasteiger partial charge in [-0.25, -0.2) is 0 Å². The molecule has 0 spiro atoms. The molecule has 0 heterocycles. The predicted molar refractivity (Wildman–Crippen MR) is 57.8 cm³/mol. The second-order valence-corrected chi connectivity index (χ2v) is 4.71. The number of hydrogen-bond acceptors (Lipinski definition) is 2. The summed E-state index contributed by atoms with van der Waals surface area (Å²) in [5.74, 6) is 2.40. The third kappa shape index (κ3) is 2.05. The summed E-state index contributed by atoms with van der Waals surface area (Å²) in [6, 6.07) is 1.40. The van der Waals surface area contributed by atoms with Gasteiger partial charge in [0, 0.05) is 12.1 Å². The molecule has 0 saturated heterocycles. The third-order valence-electron chi connectivity index (χ3n) is 3.73. The molecular formula is C11H24N2. The van der Waals surface area contributed by atoms with Crippen molar-refractivity contribution in [3.63, 3.8) is 0 Å². The fraction of sp³-hybridized carbons (Fsp3) is 1.00. The average Bonchev–Trinajstić information content (AvgIpc) is 2.41. The van der Waals surface area contributed by atoms with Crippen LogP contribution in [0.4, 0.5) is 0 Å². The molecule has 1 aliphatic carbocycles. The van der Waals surface area contributed by atoms with Crippen molar-refractivity contribution in [3.05, 3.63) is 0 Å². The quantitative estimate of drug-likeness (QED) is 0.694. The highest BCUT2D eigenvalue weighted by molar-refractivity contribution is 4.96. The van der Waals surface area contributed by atoms with Gasteiger partial charge in [0.2, 0.25) is 0 Å². The van der Waals surface area contributed by atoms with Crippen molar-refractivity contribution in [2.24, 2.45) is 17.8 Å². The van der Waals surface area contributed by atoms with Crippen LogP contribution in [0.1, 0.15) is 27.2 Å². The lowest BCUT2D eigenvalue weighted by molar-refractivity contribution is 0.256. The maximum atomic E-state index is 3.45. The van der Waals surface area contributed by atoms with Gasteiger partial charge < -0.3 is 10.6 Å². The van der Waals surface area contributed by atoms with Crippen molar-refractivity contribution in [1.29, 1.82) is 0 Å².